The minimum atomic E-state index is -0.557. The van der Waals surface area contributed by atoms with Crippen molar-refractivity contribution < 1.29 is 19.7 Å². The van der Waals surface area contributed by atoms with Gasteiger partial charge in [0.2, 0.25) is 0 Å². The van der Waals surface area contributed by atoms with Crippen molar-refractivity contribution in [1.82, 2.24) is 0 Å². The van der Waals surface area contributed by atoms with Crippen molar-refractivity contribution in [3.05, 3.63) is 0 Å². The lowest BCUT2D eigenvalue weighted by Crippen LogP contribution is -2.58. The van der Waals surface area contributed by atoms with Gasteiger partial charge in [-0.2, -0.15) is 0 Å². The molecular formula is C29H50O4. The van der Waals surface area contributed by atoms with Crippen LogP contribution in [0.15, 0.2) is 0 Å². The van der Waals surface area contributed by atoms with Gasteiger partial charge in [-0.05, 0) is 118 Å². The first-order valence-corrected chi connectivity index (χ1v) is 13.9. The van der Waals surface area contributed by atoms with Crippen LogP contribution in [-0.4, -0.2) is 34.0 Å². The Morgan fingerprint density at radius 1 is 1.03 bits per heavy atom. The van der Waals surface area contributed by atoms with Crippen molar-refractivity contribution in [3.8, 4) is 0 Å². The first-order valence-electron chi connectivity index (χ1n) is 13.9. The molecule has 4 nitrogen and oxygen atoms in total. The summed E-state index contributed by atoms with van der Waals surface area (Å²) in [6, 6.07) is 0. The zero-order valence-corrected chi connectivity index (χ0v) is 22.1. The SMILES string of the molecule is CC(=O)O[C@H]1CC[C@@]2(C)[C@H](C1)C(O)C[C@@H]1[C@@H]2CC[C@]2(C)[C@@H](C(C)CCCC(C)(C)O)CC[C@@H]12. The van der Waals surface area contributed by atoms with E-state index < -0.39 is 5.60 Å². The summed E-state index contributed by atoms with van der Waals surface area (Å²) >= 11 is 0. The van der Waals surface area contributed by atoms with Crippen LogP contribution in [0.2, 0.25) is 0 Å². The second-order valence-electron chi connectivity index (χ2n) is 13.7. The maximum atomic E-state index is 11.5. The summed E-state index contributed by atoms with van der Waals surface area (Å²) in [5, 5.41) is 21.5. The van der Waals surface area contributed by atoms with Gasteiger partial charge in [0.25, 0.3) is 0 Å². The van der Waals surface area contributed by atoms with Gasteiger partial charge in [0.05, 0.1) is 11.7 Å². The Morgan fingerprint density at radius 3 is 2.36 bits per heavy atom. The summed E-state index contributed by atoms with van der Waals surface area (Å²) in [7, 11) is 0. The van der Waals surface area contributed by atoms with Gasteiger partial charge in [-0.25, -0.2) is 0 Å². The molecule has 2 N–H and O–H groups in total. The van der Waals surface area contributed by atoms with E-state index in [0.717, 1.165) is 50.4 Å². The lowest BCUT2D eigenvalue weighted by molar-refractivity contribution is -0.182. The van der Waals surface area contributed by atoms with Crippen LogP contribution in [0, 0.1) is 46.3 Å². The van der Waals surface area contributed by atoms with Crippen LogP contribution in [-0.2, 0) is 9.53 Å². The molecule has 0 aromatic carbocycles. The number of hydrogen-bond acceptors (Lipinski definition) is 4. The van der Waals surface area contributed by atoms with Crippen molar-refractivity contribution >= 4 is 5.97 Å². The quantitative estimate of drug-likeness (QED) is 0.466. The number of esters is 1. The van der Waals surface area contributed by atoms with Crippen LogP contribution in [0.25, 0.3) is 0 Å². The maximum Gasteiger partial charge on any atom is 0.302 e. The molecule has 0 aliphatic heterocycles. The van der Waals surface area contributed by atoms with Crippen molar-refractivity contribution in [2.24, 2.45) is 46.3 Å². The number of ether oxygens (including phenoxy) is 1. The average molecular weight is 463 g/mol. The monoisotopic (exact) mass is 462 g/mol. The molecule has 4 rings (SSSR count). The smallest absolute Gasteiger partial charge is 0.302 e. The number of aliphatic hydroxyl groups excluding tert-OH is 1. The molecule has 4 fully saturated rings. The number of fused-ring (bicyclic) bond motifs is 5. The standard InChI is InChI=1S/C29H50O4/c1-18(8-7-13-27(3,4)32)22-9-10-23-21-17-26(31)25-16-20(33-19(2)30)11-14-29(25,6)24(21)12-15-28(22,23)5/h18,20-26,31-32H,7-17H2,1-6H3/t18?,20-,21-,22+,23-,24-,25+,26?,28+,29+/m0/s1. The third-order valence-electron chi connectivity index (χ3n) is 11.2. The molecule has 33 heavy (non-hydrogen) atoms. The highest BCUT2D eigenvalue weighted by molar-refractivity contribution is 5.66. The van der Waals surface area contributed by atoms with Crippen molar-refractivity contribution in [2.75, 3.05) is 0 Å². The van der Waals surface area contributed by atoms with Gasteiger partial charge in [0.15, 0.2) is 0 Å². The fraction of sp³-hybridized carbons (Fsp3) is 0.966. The van der Waals surface area contributed by atoms with Gasteiger partial charge in [0, 0.05) is 6.92 Å². The molecule has 0 heterocycles. The number of carbonyl (C=O) groups is 1. The van der Waals surface area contributed by atoms with E-state index in [1.807, 2.05) is 13.8 Å². The molecule has 2 unspecified atom stereocenters. The molecule has 4 heteroatoms. The molecule has 10 atom stereocenters. The Balaban J connectivity index is 1.46. The minimum absolute atomic E-state index is 0.0127. The highest BCUT2D eigenvalue weighted by Crippen LogP contribution is 2.68. The van der Waals surface area contributed by atoms with Crippen LogP contribution >= 0.6 is 0 Å². The first kappa shape index (κ1) is 25.5. The third kappa shape index (κ3) is 4.77. The molecule has 4 saturated carbocycles. The highest BCUT2D eigenvalue weighted by Gasteiger charge is 2.62. The van der Waals surface area contributed by atoms with Gasteiger partial charge in [0.1, 0.15) is 6.10 Å². The molecule has 190 valence electrons. The van der Waals surface area contributed by atoms with Crippen molar-refractivity contribution in [3.63, 3.8) is 0 Å². The largest absolute Gasteiger partial charge is 0.463 e. The Labute approximate surface area is 202 Å². The summed E-state index contributed by atoms with van der Waals surface area (Å²) in [6.07, 6.45) is 12.0. The first-order chi connectivity index (χ1) is 15.3. The number of hydrogen-bond donors (Lipinski definition) is 2. The van der Waals surface area contributed by atoms with Gasteiger partial charge < -0.3 is 14.9 Å². The molecule has 4 aliphatic rings. The second kappa shape index (κ2) is 9.12. The molecular weight excluding hydrogens is 412 g/mol. The third-order valence-corrected chi connectivity index (χ3v) is 11.2. The van der Waals surface area contributed by atoms with Crippen molar-refractivity contribution in [1.29, 1.82) is 0 Å². The summed E-state index contributed by atoms with van der Waals surface area (Å²) in [5.41, 5.74) is 0.0163. The molecule has 0 radical (unpaired) electrons. The topological polar surface area (TPSA) is 66.8 Å². The van der Waals surface area contributed by atoms with Crippen LogP contribution in [0.1, 0.15) is 112 Å². The van der Waals surface area contributed by atoms with E-state index in [4.69, 9.17) is 4.74 Å². The fourth-order valence-electron chi connectivity index (χ4n) is 9.64. The summed E-state index contributed by atoms with van der Waals surface area (Å²) < 4.78 is 5.58. The second-order valence-corrected chi connectivity index (χ2v) is 13.7. The van der Waals surface area contributed by atoms with Crippen LogP contribution in [0.4, 0.5) is 0 Å². The Morgan fingerprint density at radius 2 is 1.70 bits per heavy atom. The van der Waals surface area contributed by atoms with Gasteiger partial charge >= 0.3 is 5.97 Å². The lowest BCUT2D eigenvalue weighted by atomic mass is 9.43. The molecule has 0 amide bonds. The maximum absolute atomic E-state index is 11.5. The number of aliphatic hydroxyl groups is 2. The summed E-state index contributed by atoms with van der Waals surface area (Å²) in [6.45, 7) is 12.8. The molecule has 4 aliphatic carbocycles. The Kier molecular flexibility index (Phi) is 7.04. The van der Waals surface area contributed by atoms with E-state index in [0.29, 0.717) is 23.2 Å². The number of rotatable bonds is 6. The zero-order chi connectivity index (χ0) is 24.2. The average Bonchev–Trinajstić information content (AvgIpc) is 3.05. The molecule has 0 spiro atoms. The summed E-state index contributed by atoms with van der Waals surface area (Å²) in [5.74, 6) is 3.62. The molecule has 0 saturated heterocycles. The lowest BCUT2D eigenvalue weighted by Gasteiger charge is -2.62. The van der Waals surface area contributed by atoms with E-state index >= 15 is 0 Å². The predicted molar refractivity (Wildman–Crippen MR) is 131 cm³/mol. The van der Waals surface area contributed by atoms with E-state index in [-0.39, 0.29) is 29.5 Å². The van der Waals surface area contributed by atoms with Gasteiger partial charge in [-0.3, -0.25) is 4.79 Å². The van der Waals surface area contributed by atoms with Crippen LogP contribution in [0.5, 0.6) is 0 Å². The van der Waals surface area contributed by atoms with Gasteiger partial charge in [-0.15, -0.1) is 0 Å². The molecule has 0 aromatic heterocycles. The normalized spacial score (nSPS) is 46.1. The van der Waals surface area contributed by atoms with E-state index in [9.17, 15) is 15.0 Å². The van der Waals surface area contributed by atoms with Crippen molar-refractivity contribution in [2.45, 2.75) is 130 Å². The Hall–Kier alpha value is -0.610. The van der Waals surface area contributed by atoms with E-state index in [2.05, 4.69) is 20.8 Å². The zero-order valence-electron chi connectivity index (χ0n) is 22.1. The molecule has 0 bridgehead atoms. The minimum Gasteiger partial charge on any atom is -0.463 e. The van der Waals surface area contributed by atoms with Gasteiger partial charge in [-0.1, -0.05) is 33.6 Å². The molecule has 0 aromatic rings. The van der Waals surface area contributed by atoms with E-state index in [1.165, 1.54) is 39.0 Å². The fourth-order valence-corrected chi connectivity index (χ4v) is 9.64. The summed E-state index contributed by atoms with van der Waals surface area (Å²) in [4.78, 5) is 11.5. The predicted octanol–water partition coefficient (Wildman–Crippen LogP) is 6.13. The van der Waals surface area contributed by atoms with E-state index in [1.54, 1.807) is 0 Å². The van der Waals surface area contributed by atoms with Crippen LogP contribution in [0.3, 0.4) is 0 Å². The number of carbonyl (C=O) groups excluding carboxylic acids is 1. The Bertz CT molecular complexity index is 713. The highest BCUT2D eigenvalue weighted by atomic mass is 16.5. The van der Waals surface area contributed by atoms with Crippen LogP contribution < -0.4 is 0 Å².